The second-order valence-corrected chi connectivity index (χ2v) is 6.81. The second kappa shape index (κ2) is 6.82. The van der Waals surface area contributed by atoms with Gasteiger partial charge in [0, 0.05) is 6.54 Å². The monoisotopic (exact) mass is 280 g/mol. The van der Waals surface area contributed by atoms with E-state index in [1.807, 2.05) is 6.07 Å². The van der Waals surface area contributed by atoms with Gasteiger partial charge in [0.25, 0.3) is 0 Å². The predicted octanol–water partition coefficient (Wildman–Crippen LogP) is 2.76. The molecule has 0 spiro atoms. The highest BCUT2D eigenvalue weighted by molar-refractivity contribution is 7.99. The Morgan fingerprint density at radius 3 is 3.00 bits per heavy atom. The second-order valence-electron chi connectivity index (χ2n) is 5.66. The molecule has 3 nitrogen and oxygen atoms in total. The number of rotatable bonds is 6. The SMILES string of the molecule is c1coc(C(CNCC2CCSC2)N2CCCC2)c1. The van der Waals surface area contributed by atoms with E-state index in [-0.39, 0.29) is 0 Å². The fourth-order valence-corrected chi connectivity index (χ4v) is 4.40. The predicted molar refractivity (Wildman–Crippen MR) is 80.6 cm³/mol. The number of hydrogen-bond donors (Lipinski definition) is 1. The van der Waals surface area contributed by atoms with Crippen molar-refractivity contribution in [3.63, 3.8) is 0 Å². The molecule has 0 aliphatic carbocycles. The van der Waals surface area contributed by atoms with Crippen molar-refractivity contribution in [2.45, 2.75) is 25.3 Å². The Morgan fingerprint density at radius 2 is 2.32 bits per heavy atom. The Bertz CT molecular complexity index is 356. The summed E-state index contributed by atoms with van der Waals surface area (Å²) in [6, 6.07) is 4.55. The van der Waals surface area contributed by atoms with Crippen LogP contribution in [0.3, 0.4) is 0 Å². The molecule has 2 aliphatic rings. The quantitative estimate of drug-likeness (QED) is 0.867. The third kappa shape index (κ3) is 3.56. The van der Waals surface area contributed by atoms with Gasteiger partial charge in [-0.25, -0.2) is 0 Å². The molecular weight excluding hydrogens is 256 g/mol. The summed E-state index contributed by atoms with van der Waals surface area (Å²) in [6.07, 6.45) is 5.84. The van der Waals surface area contributed by atoms with Crippen LogP contribution in [0.2, 0.25) is 0 Å². The third-order valence-corrected chi connectivity index (χ3v) is 5.48. The van der Waals surface area contributed by atoms with Gasteiger partial charge in [-0.05, 0) is 68.5 Å². The van der Waals surface area contributed by atoms with Crippen LogP contribution in [0, 0.1) is 5.92 Å². The van der Waals surface area contributed by atoms with Crippen LogP contribution in [0.15, 0.2) is 22.8 Å². The van der Waals surface area contributed by atoms with Crippen LogP contribution in [0.1, 0.15) is 31.1 Å². The number of nitrogens with one attached hydrogen (secondary N) is 1. The van der Waals surface area contributed by atoms with E-state index < -0.39 is 0 Å². The molecule has 2 aliphatic heterocycles. The summed E-state index contributed by atoms with van der Waals surface area (Å²) >= 11 is 2.10. The molecule has 0 aromatic carbocycles. The molecule has 4 heteroatoms. The lowest BCUT2D eigenvalue weighted by Gasteiger charge is -2.26. The van der Waals surface area contributed by atoms with Crippen LogP contribution >= 0.6 is 11.8 Å². The molecule has 106 valence electrons. The topological polar surface area (TPSA) is 28.4 Å². The van der Waals surface area contributed by atoms with Crippen molar-refractivity contribution >= 4 is 11.8 Å². The van der Waals surface area contributed by atoms with E-state index in [9.17, 15) is 0 Å². The number of likely N-dealkylation sites (tertiary alicyclic amines) is 1. The van der Waals surface area contributed by atoms with Gasteiger partial charge in [0.05, 0.1) is 12.3 Å². The van der Waals surface area contributed by atoms with Crippen molar-refractivity contribution in [2.75, 3.05) is 37.7 Å². The number of furan rings is 1. The van der Waals surface area contributed by atoms with E-state index >= 15 is 0 Å². The Labute approximate surface area is 120 Å². The van der Waals surface area contributed by atoms with Gasteiger partial charge >= 0.3 is 0 Å². The number of nitrogens with zero attached hydrogens (tertiary/aromatic N) is 1. The van der Waals surface area contributed by atoms with Crippen molar-refractivity contribution in [2.24, 2.45) is 5.92 Å². The molecule has 2 fully saturated rings. The van der Waals surface area contributed by atoms with Crippen molar-refractivity contribution in [1.82, 2.24) is 10.2 Å². The van der Waals surface area contributed by atoms with Gasteiger partial charge in [-0.3, -0.25) is 4.90 Å². The van der Waals surface area contributed by atoms with E-state index in [2.05, 4.69) is 28.0 Å². The minimum Gasteiger partial charge on any atom is -0.468 e. The molecule has 1 N–H and O–H groups in total. The zero-order chi connectivity index (χ0) is 12.9. The Morgan fingerprint density at radius 1 is 1.42 bits per heavy atom. The Hall–Kier alpha value is -0.450. The summed E-state index contributed by atoms with van der Waals surface area (Å²) in [5.74, 6) is 4.68. The molecular formula is C15H24N2OS. The molecule has 2 atom stereocenters. The van der Waals surface area contributed by atoms with Crippen molar-refractivity contribution in [3.8, 4) is 0 Å². The molecule has 19 heavy (non-hydrogen) atoms. The molecule has 0 radical (unpaired) electrons. The van der Waals surface area contributed by atoms with Gasteiger partial charge in [0.15, 0.2) is 0 Å². The maximum absolute atomic E-state index is 5.64. The zero-order valence-corrected chi connectivity index (χ0v) is 12.3. The van der Waals surface area contributed by atoms with E-state index in [0.717, 1.165) is 24.8 Å². The van der Waals surface area contributed by atoms with Gasteiger partial charge < -0.3 is 9.73 Å². The Balaban J connectivity index is 1.53. The number of hydrogen-bond acceptors (Lipinski definition) is 4. The third-order valence-electron chi connectivity index (χ3n) is 4.25. The van der Waals surface area contributed by atoms with Crippen LogP contribution in [0.4, 0.5) is 0 Å². The van der Waals surface area contributed by atoms with Gasteiger partial charge in [0.2, 0.25) is 0 Å². The zero-order valence-electron chi connectivity index (χ0n) is 11.5. The van der Waals surface area contributed by atoms with Crippen LogP contribution in [-0.2, 0) is 0 Å². The van der Waals surface area contributed by atoms with Crippen molar-refractivity contribution < 1.29 is 4.42 Å². The van der Waals surface area contributed by atoms with Crippen LogP contribution in [0.25, 0.3) is 0 Å². The normalized spacial score (nSPS) is 26.0. The lowest BCUT2D eigenvalue weighted by molar-refractivity contribution is 0.208. The first-order valence-corrected chi connectivity index (χ1v) is 8.65. The van der Waals surface area contributed by atoms with E-state index in [4.69, 9.17) is 4.42 Å². The highest BCUT2D eigenvalue weighted by Crippen LogP contribution is 2.26. The first kappa shape index (κ1) is 13.5. The van der Waals surface area contributed by atoms with Gasteiger partial charge in [-0.15, -0.1) is 0 Å². The lowest BCUT2D eigenvalue weighted by atomic mass is 10.1. The molecule has 3 rings (SSSR count). The van der Waals surface area contributed by atoms with Crippen LogP contribution in [0.5, 0.6) is 0 Å². The van der Waals surface area contributed by atoms with E-state index in [0.29, 0.717) is 6.04 Å². The average molecular weight is 280 g/mol. The summed E-state index contributed by atoms with van der Waals surface area (Å²) in [7, 11) is 0. The first-order chi connectivity index (χ1) is 9.43. The molecule has 1 aromatic heterocycles. The smallest absolute Gasteiger partial charge is 0.122 e. The molecule has 0 amide bonds. The highest BCUT2D eigenvalue weighted by Gasteiger charge is 2.25. The largest absolute Gasteiger partial charge is 0.468 e. The number of thioether (sulfide) groups is 1. The van der Waals surface area contributed by atoms with Crippen LogP contribution in [-0.4, -0.2) is 42.6 Å². The maximum Gasteiger partial charge on any atom is 0.122 e. The molecule has 1 aromatic rings. The molecule has 3 heterocycles. The molecule has 2 unspecified atom stereocenters. The lowest BCUT2D eigenvalue weighted by Crippen LogP contribution is -2.35. The van der Waals surface area contributed by atoms with Crippen LogP contribution < -0.4 is 5.32 Å². The summed E-state index contributed by atoms with van der Waals surface area (Å²) < 4.78 is 5.64. The first-order valence-electron chi connectivity index (χ1n) is 7.49. The standard InChI is InChI=1S/C15H24N2OS/c1-2-7-17(6-1)14(15-4-3-8-18-15)11-16-10-13-5-9-19-12-13/h3-4,8,13-14,16H,1-2,5-7,9-12H2. The summed E-state index contributed by atoms with van der Waals surface area (Å²) in [5.41, 5.74) is 0. The minimum atomic E-state index is 0.423. The fourth-order valence-electron chi connectivity index (χ4n) is 3.11. The molecule has 2 saturated heterocycles. The average Bonchev–Trinajstić information content (AvgIpc) is 3.15. The van der Waals surface area contributed by atoms with Crippen molar-refractivity contribution in [1.29, 1.82) is 0 Å². The summed E-state index contributed by atoms with van der Waals surface area (Å²) in [4.78, 5) is 2.56. The van der Waals surface area contributed by atoms with Gasteiger partial charge in [-0.2, -0.15) is 11.8 Å². The maximum atomic E-state index is 5.64. The van der Waals surface area contributed by atoms with Crippen molar-refractivity contribution in [3.05, 3.63) is 24.2 Å². The van der Waals surface area contributed by atoms with Gasteiger partial charge in [0.1, 0.15) is 5.76 Å². The van der Waals surface area contributed by atoms with E-state index in [1.54, 1.807) is 6.26 Å². The fraction of sp³-hybridized carbons (Fsp3) is 0.733. The van der Waals surface area contributed by atoms with E-state index in [1.165, 1.54) is 43.9 Å². The minimum absolute atomic E-state index is 0.423. The molecule has 0 saturated carbocycles. The highest BCUT2D eigenvalue weighted by atomic mass is 32.2. The summed E-state index contributed by atoms with van der Waals surface area (Å²) in [6.45, 7) is 4.62. The molecule has 0 bridgehead atoms. The van der Waals surface area contributed by atoms with Gasteiger partial charge in [-0.1, -0.05) is 0 Å². The Kier molecular flexibility index (Phi) is 4.86. The summed E-state index contributed by atoms with van der Waals surface area (Å²) in [5, 5.41) is 3.68.